The van der Waals surface area contributed by atoms with Crippen LogP contribution >= 0.6 is 22.1 Å². The fraction of sp³-hybridized carbons (Fsp3) is 0. The van der Waals surface area contributed by atoms with Gasteiger partial charge >= 0.3 is 11.9 Å². The average Bonchev–Trinajstić information content (AvgIpc) is 2.23. The van der Waals surface area contributed by atoms with E-state index in [1.54, 1.807) is 0 Å². The number of rotatable bonds is 0. The van der Waals surface area contributed by atoms with Crippen molar-refractivity contribution >= 4 is 34.1 Å². The second kappa shape index (κ2) is 3.93. The highest BCUT2D eigenvalue weighted by Gasteiger charge is 2.15. The lowest BCUT2D eigenvalue weighted by Gasteiger charge is -2.06. The van der Waals surface area contributed by atoms with Crippen molar-refractivity contribution < 1.29 is 18.0 Å². The molecule has 4 nitrogen and oxygen atoms in total. The first-order valence-corrected chi connectivity index (χ1v) is 5.64. The van der Waals surface area contributed by atoms with E-state index in [0.29, 0.717) is 11.1 Å². The van der Waals surface area contributed by atoms with Crippen molar-refractivity contribution in [3.63, 3.8) is 0 Å². The minimum atomic E-state index is -0.452. The highest BCUT2D eigenvalue weighted by atomic mass is 33.1. The van der Waals surface area contributed by atoms with Crippen molar-refractivity contribution in [3.8, 4) is 0 Å². The molecule has 0 spiro atoms. The van der Waals surface area contributed by atoms with Crippen LogP contribution < -0.4 is 0 Å². The number of hydrogen-bond acceptors (Lipinski definition) is 6. The van der Waals surface area contributed by atoms with Gasteiger partial charge in [0.25, 0.3) is 0 Å². The molecular weight excluding hydrogens is 224 g/mol. The van der Waals surface area contributed by atoms with Crippen LogP contribution in [0.5, 0.6) is 0 Å². The zero-order valence-corrected chi connectivity index (χ0v) is 8.39. The molecule has 0 amide bonds. The fourth-order valence-corrected chi connectivity index (χ4v) is 1.84. The SMILES string of the molecule is O=C1OSSOC(=O)c2ccc1cc2. The first kappa shape index (κ1) is 9.42. The molecule has 2 bridgehead atoms. The van der Waals surface area contributed by atoms with E-state index in [2.05, 4.69) is 0 Å². The Labute approximate surface area is 87.8 Å². The average molecular weight is 228 g/mol. The molecule has 2 aliphatic rings. The Hall–Kier alpha value is -1.14. The van der Waals surface area contributed by atoms with Gasteiger partial charge in [0, 0.05) is 0 Å². The summed E-state index contributed by atoms with van der Waals surface area (Å²) < 4.78 is 9.42. The van der Waals surface area contributed by atoms with Crippen LogP contribution in [0.1, 0.15) is 20.7 Å². The van der Waals surface area contributed by atoms with E-state index in [-0.39, 0.29) is 0 Å². The van der Waals surface area contributed by atoms with Crippen molar-refractivity contribution in [1.82, 2.24) is 0 Å². The minimum Gasteiger partial charge on any atom is -0.372 e. The molecule has 0 fully saturated rings. The maximum Gasteiger partial charge on any atom is 0.351 e. The van der Waals surface area contributed by atoms with Crippen LogP contribution in [0, 0.1) is 0 Å². The molecule has 1 aromatic carbocycles. The van der Waals surface area contributed by atoms with Crippen LogP contribution in [-0.4, -0.2) is 11.9 Å². The van der Waals surface area contributed by atoms with Crippen molar-refractivity contribution in [2.24, 2.45) is 0 Å². The summed E-state index contributed by atoms with van der Waals surface area (Å²) in [6.45, 7) is 0. The first-order chi connectivity index (χ1) is 6.77. The van der Waals surface area contributed by atoms with Crippen LogP contribution in [0.2, 0.25) is 0 Å². The monoisotopic (exact) mass is 228 g/mol. The lowest BCUT2D eigenvalue weighted by atomic mass is 10.1. The number of fused-ring (bicyclic) bond motifs is 7. The molecule has 2 aliphatic heterocycles. The Morgan fingerprint density at radius 3 is 1.50 bits per heavy atom. The number of carbonyl (C=O) groups is 2. The van der Waals surface area contributed by atoms with E-state index in [4.69, 9.17) is 8.37 Å². The van der Waals surface area contributed by atoms with Gasteiger partial charge in [-0.1, -0.05) is 0 Å². The van der Waals surface area contributed by atoms with Crippen LogP contribution in [0.25, 0.3) is 0 Å². The van der Waals surface area contributed by atoms with Crippen molar-refractivity contribution in [2.45, 2.75) is 0 Å². The van der Waals surface area contributed by atoms with Gasteiger partial charge in [-0.15, -0.1) is 0 Å². The third-order valence-electron chi connectivity index (χ3n) is 1.60. The van der Waals surface area contributed by atoms with Gasteiger partial charge in [0.2, 0.25) is 0 Å². The zero-order valence-electron chi connectivity index (χ0n) is 6.76. The topological polar surface area (TPSA) is 52.6 Å². The summed E-state index contributed by atoms with van der Waals surface area (Å²) in [5.74, 6) is -0.904. The Morgan fingerprint density at radius 1 is 0.786 bits per heavy atom. The highest BCUT2D eigenvalue weighted by Crippen LogP contribution is 2.27. The molecule has 72 valence electrons. The van der Waals surface area contributed by atoms with Gasteiger partial charge in [0.1, 0.15) is 0 Å². The standard InChI is InChI=1S/C8H4O4S2/c9-7-5-1-2-6(4-3-5)8(10)12-14-13-11-7/h1-4H. The highest BCUT2D eigenvalue weighted by molar-refractivity contribution is 8.73. The van der Waals surface area contributed by atoms with Gasteiger partial charge in [-0.3, -0.25) is 0 Å². The molecule has 0 saturated carbocycles. The molecule has 2 heterocycles. The van der Waals surface area contributed by atoms with Crippen molar-refractivity contribution in [2.75, 3.05) is 0 Å². The zero-order chi connectivity index (χ0) is 9.97. The summed E-state index contributed by atoms with van der Waals surface area (Å²) in [5.41, 5.74) is 0.827. The number of hydrogen-bond donors (Lipinski definition) is 0. The largest absolute Gasteiger partial charge is 0.372 e. The third kappa shape index (κ3) is 1.85. The molecule has 0 saturated heterocycles. The van der Waals surface area contributed by atoms with E-state index >= 15 is 0 Å². The van der Waals surface area contributed by atoms with Gasteiger partial charge in [0.05, 0.1) is 11.1 Å². The van der Waals surface area contributed by atoms with Crippen LogP contribution in [0.3, 0.4) is 0 Å². The molecule has 0 aliphatic carbocycles. The molecule has 0 aromatic heterocycles. The summed E-state index contributed by atoms with van der Waals surface area (Å²) in [7, 11) is 0. The summed E-state index contributed by atoms with van der Waals surface area (Å²) in [5, 5.41) is 0. The van der Waals surface area contributed by atoms with Gasteiger partial charge in [-0.05, 0) is 24.3 Å². The van der Waals surface area contributed by atoms with Crippen LogP contribution in [0.15, 0.2) is 24.3 Å². The Kier molecular flexibility index (Phi) is 2.64. The lowest BCUT2D eigenvalue weighted by molar-refractivity contribution is 0.0747. The molecule has 0 unspecified atom stereocenters. The van der Waals surface area contributed by atoms with Crippen LogP contribution in [-0.2, 0) is 8.37 Å². The lowest BCUT2D eigenvalue weighted by Crippen LogP contribution is -2.05. The molecule has 0 radical (unpaired) electrons. The summed E-state index contributed by atoms with van der Waals surface area (Å²) in [6.07, 6.45) is 0. The quantitative estimate of drug-likeness (QED) is 0.501. The van der Waals surface area contributed by atoms with Crippen molar-refractivity contribution in [3.05, 3.63) is 35.4 Å². The Balaban J connectivity index is 2.39. The molecule has 1 aromatic rings. The van der Waals surface area contributed by atoms with Gasteiger partial charge in [0.15, 0.2) is 22.1 Å². The molecule has 14 heavy (non-hydrogen) atoms. The normalized spacial score (nSPS) is 16.0. The third-order valence-corrected chi connectivity index (χ3v) is 2.67. The van der Waals surface area contributed by atoms with E-state index < -0.39 is 11.9 Å². The first-order valence-electron chi connectivity index (χ1n) is 3.64. The second-order valence-corrected chi connectivity index (χ2v) is 3.88. The van der Waals surface area contributed by atoms with Gasteiger partial charge in [-0.2, -0.15) is 0 Å². The van der Waals surface area contributed by atoms with Crippen molar-refractivity contribution in [1.29, 1.82) is 0 Å². The smallest absolute Gasteiger partial charge is 0.351 e. The van der Waals surface area contributed by atoms with Crippen LogP contribution in [0.4, 0.5) is 0 Å². The minimum absolute atomic E-state index is 0.413. The van der Waals surface area contributed by atoms with E-state index in [1.165, 1.54) is 24.3 Å². The van der Waals surface area contributed by atoms with E-state index in [1.807, 2.05) is 0 Å². The molecule has 6 heteroatoms. The summed E-state index contributed by atoms with van der Waals surface area (Å²) >= 11 is 1.45. The second-order valence-electron chi connectivity index (χ2n) is 2.46. The maximum absolute atomic E-state index is 11.2. The fourth-order valence-electron chi connectivity index (χ4n) is 0.928. The Morgan fingerprint density at radius 2 is 1.14 bits per heavy atom. The van der Waals surface area contributed by atoms with Gasteiger partial charge < -0.3 is 8.37 Å². The summed E-state index contributed by atoms with van der Waals surface area (Å²) in [4.78, 5) is 22.4. The predicted octanol–water partition coefficient (Wildman–Crippen LogP) is 2.23. The predicted molar refractivity (Wildman–Crippen MR) is 52.5 cm³/mol. The van der Waals surface area contributed by atoms with E-state index in [0.717, 1.165) is 22.1 Å². The van der Waals surface area contributed by atoms with E-state index in [9.17, 15) is 9.59 Å². The molecule has 3 rings (SSSR count). The van der Waals surface area contributed by atoms with Gasteiger partial charge in [-0.25, -0.2) is 9.59 Å². The molecular formula is C8H4O4S2. The Bertz CT molecular complexity index is 336. The number of carbonyl (C=O) groups excluding carboxylic acids is 2. The number of benzene rings is 1. The molecule has 0 atom stereocenters. The summed E-state index contributed by atoms with van der Waals surface area (Å²) in [6, 6.07) is 6.09. The molecule has 0 N–H and O–H groups in total. The maximum atomic E-state index is 11.2.